The third-order valence-corrected chi connectivity index (χ3v) is 2.92. The number of nitrogens with zero attached hydrogens (tertiary/aromatic N) is 2. The van der Waals surface area contributed by atoms with Crippen LogP contribution in [0.5, 0.6) is 0 Å². The van der Waals surface area contributed by atoms with Crippen molar-refractivity contribution in [2.45, 2.75) is 12.5 Å². The van der Waals surface area contributed by atoms with E-state index in [0.29, 0.717) is 29.6 Å². The zero-order chi connectivity index (χ0) is 14.4. The maximum atomic E-state index is 12.3. The van der Waals surface area contributed by atoms with Crippen molar-refractivity contribution < 1.29 is 14.6 Å². The van der Waals surface area contributed by atoms with Gasteiger partial charge in [-0.2, -0.15) is 0 Å². The van der Waals surface area contributed by atoms with Gasteiger partial charge in [0.2, 0.25) is 0 Å². The van der Waals surface area contributed by atoms with Gasteiger partial charge in [0.25, 0.3) is 5.91 Å². The lowest BCUT2D eigenvalue weighted by Crippen LogP contribution is -2.38. The van der Waals surface area contributed by atoms with E-state index in [9.17, 15) is 4.79 Å². The predicted molar refractivity (Wildman–Crippen MR) is 74.4 cm³/mol. The maximum Gasteiger partial charge on any atom is 0.253 e. The molecule has 2 N–H and O–H groups in total. The fourth-order valence-electron chi connectivity index (χ4n) is 1.99. The highest BCUT2D eigenvalue weighted by atomic mass is 16.5. The van der Waals surface area contributed by atoms with E-state index in [-0.39, 0.29) is 18.6 Å². The number of rotatable bonds is 6. The standard InChI is InChI=1S/C14H17N3O3/c1-20-9-10(5-8-18)17-14(19)11-3-2-4-12-13(11)16-7-6-15-12/h2-4,6-7,10,18H,5,8-9H2,1H3,(H,17,19). The molecule has 2 aromatic rings. The van der Waals surface area contributed by atoms with Gasteiger partial charge in [0.05, 0.1) is 23.7 Å². The van der Waals surface area contributed by atoms with E-state index in [1.807, 2.05) is 0 Å². The molecular formula is C14H17N3O3. The number of aliphatic hydroxyl groups excluding tert-OH is 1. The number of ether oxygens (including phenoxy) is 1. The molecule has 0 aliphatic rings. The summed E-state index contributed by atoms with van der Waals surface area (Å²) in [4.78, 5) is 20.7. The molecule has 0 fully saturated rings. The van der Waals surface area contributed by atoms with Crippen LogP contribution in [-0.4, -0.2) is 47.3 Å². The summed E-state index contributed by atoms with van der Waals surface area (Å²) in [5, 5.41) is 11.8. The second-order valence-electron chi connectivity index (χ2n) is 4.37. The number of nitrogens with one attached hydrogen (secondary N) is 1. The quantitative estimate of drug-likeness (QED) is 0.813. The number of benzene rings is 1. The molecule has 1 heterocycles. The summed E-state index contributed by atoms with van der Waals surface area (Å²) in [5.74, 6) is -0.244. The number of hydrogen-bond acceptors (Lipinski definition) is 5. The van der Waals surface area contributed by atoms with Crippen molar-refractivity contribution in [2.75, 3.05) is 20.3 Å². The van der Waals surface area contributed by atoms with Crippen LogP contribution in [0.4, 0.5) is 0 Å². The number of aromatic nitrogens is 2. The first-order chi connectivity index (χ1) is 9.76. The average Bonchev–Trinajstić information content (AvgIpc) is 2.47. The fraction of sp³-hybridized carbons (Fsp3) is 0.357. The van der Waals surface area contributed by atoms with Gasteiger partial charge in [-0.3, -0.25) is 14.8 Å². The Hall–Kier alpha value is -2.05. The molecule has 1 atom stereocenters. The molecule has 0 aliphatic carbocycles. The molecule has 1 unspecified atom stereocenters. The van der Waals surface area contributed by atoms with Crippen molar-refractivity contribution >= 4 is 16.9 Å². The lowest BCUT2D eigenvalue weighted by atomic mass is 10.1. The SMILES string of the molecule is COCC(CCO)NC(=O)c1cccc2nccnc12. The molecule has 0 saturated carbocycles. The topological polar surface area (TPSA) is 84.3 Å². The lowest BCUT2D eigenvalue weighted by molar-refractivity contribution is 0.0880. The largest absolute Gasteiger partial charge is 0.396 e. The van der Waals surface area contributed by atoms with Gasteiger partial charge in [0.15, 0.2) is 0 Å². The van der Waals surface area contributed by atoms with E-state index in [1.165, 1.54) is 0 Å². The van der Waals surface area contributed by atoms with Crippen LogP contribution < -0.4 is 5.32 Å². The number of methoxy groups -OCH3 is 1. The van der Waals surface area contributed by atoms with Crippen molar-refractivity contribution in [3.05, 3.63) is 36.2 Å². The van der Waals surface area contributed by atoms with Crippen LogP contribution in [0, 0.1) is 0 Å². The molecular weight excluding hydrogens is 258 g/mol. The normalized spacial score (nSPS) is 12.3. The Morgan fingerprint density at radius 3 is 2.95 bits per heavy atom. The van der Waals surface area contributed by atoms with Crippen molar-refractivity contribution in [3.63, 3.8) is 0 Å². The van der Waals surface area contributed by atoms with Gasteiger partial charge >= 0.3 is 0 Å². The minimum absolute atomic E-state index is 0.0103. The molecule has 0 spiro atoms. The Labute approximate surface area is 116 Å². The minimum Gasteiger partial charge on any atom is -0.396 e. The number of carbonyl (C=O) groups is 1. The second-order valence-corrected chi connectivity index (χ2v) is 4.37. The highest BCUT2D eigenvalue weighted by molar-refractivity contribution is 6.04. The van der Waals surface area contributed by atoms with Crippen molar-refractivity contribution in [1.82, 2.24) is 15.3 Å². The Bertz CT molecular complexity index is 577. The molecule has 0 bridgehead atoms. The first-order valence-corrected chi connectivity index (χ1v) is 6.36. The summed E-state index contributed by atoms with van der Waals surface area (Å²) < 4.78 is 5.03. The number of amides is 1. The maximum absolute atomic E-state index is 12.3. The van der Waals surface area contributed by atoms with Gasteiger partial charge in [-0.05, 0) is 18.6 Å². The zero-order valence-corrected chi connectivity index (χ0v) is 11.2. The Balaban J connectivity index is 2.22. The van der Waals surface area contributed by atoms with Gasteiger partial charge in [-0.25, -0.2) is 0 Å². The number of carbonyl (C=O) groups excluding carboxylic acids is 1. The first kappa shape index (κ1) is 14.4. The lowest BCUT2D eigenvalue weighted by Gasteiger charge is -2.17. The van der Waals surface area contributed by atoms with Crippen molar-refractivity contribution in [1.29, 1.82) is 0 Å². The van der Waals surface area contributed by atoms with Crippen LogP contribution in [0.25, 0.3) is 11.0 Å². The summed E-state index contributed by atoms with van der Waals surface area (Å²) in [6.45, 7) is 0.340. The van der Waals surface area contributed by atoms with Crippen molar-refractivity contribution in [2.24, 2.45) is 0 Å². The van der Waals surface area contributed by atoms with Crippen LogP contribution in [0.15, 0.2) is 30.6 Å². The summed E-state index contributed by atoms with van der Waals surface area (Å²) in [5.41, 5.74) is 1.70. The molecule has 0 aliphatic heterocycles. The van der Waals surface area contributed by atoms with E-state index in [0.717, 1.165) is 0 Å². The van der Waals surface area contributed by atoms with Gasteiger partial charge in [-0.1, -0.05) is 6.07 Å². The molecule has 6 nitrogen and oxygen atoms in total. The number of para-hydroxylation sites is 1. The van der Waals surface area contributed by atoms with E-state index in [1.54, 1.807) is 37.7 Å². The Kier molecular flexibility index (Phi) is 4.97. The summed E-state index contributed by atoms with van der Waals surface area (Å²) in [7, 11) is 1.56. The van der Waals surface area contributed by atoms with E-state index >= 15 is 0 Å². The monoisotopic (exact) mass is 275 g/mol. The summed E-state index contributed by atoms with van der Waals surface area (Å²) >= 11 is 0. The molecule has 1 aromatic heterocycles. The van der Waals surface area contributed by atoms with Gasteiger partial charge in [-0.15, -0.1) is 0 Å². The Morgan fingerprint density at radius 1 is 1.40 bits per heavy atom. The molecule has 2 rings (SSSR count). The Morgan fingerprint density at radius 2 is 2.20 bits per heavy atom. The van der Waals surface area contributed by atoms with Crippen LogP contribution >= 0.6 is 0 Å². The van der Waals surface area contributed by atoms with Crippen LogP contribution in [0.3, 0.4) is 0 Å². The highest BCUT2D eigenvalue weighted by Gasteiger charge is 2.16. The smallest absolute Gasteiger partial charge is 0.253 e. The number of aliphatic hydroxyl groups is 1. The van der Waals surface area contributed by atoms with Gasteiger partial charge < -0.3 is 15.2 Å². The van der Waals surface area contributed by atoms with Gasteiger partial charge in [0, 0.05) is 26.1 Å². The summed E-state index contributed by atoms with van der Waals surface area (Å²) in [6, 6.07) is 5.04. The zero-order valence-electron chi connectivity index (χ0n) is 11.2. The van der Waals surface area contributed by atoms with E-state index in [4.69, 9.17) is 9.84 Å². The van der Waals surface area contributed by atoms with Crippen LogP contribution in [-0.2, 0) is 4.74 Å². The number of hydrogen-bond donors (Lipinski definition) is 2. The van der Waals surface area contributed by atoms with E-state index in [2.05, 4.69) is 15.3 Å². The van der Waals surface area contributed by atoms with E-state index < -0.39 is 0 Å². The van der Waals surface area contributed by atoms with Gasteiger partial charge in [0.1, 0.15) is 5.52 Å². The fourth-order valence-corrected chi connectivity index (χ4v) is 1.99. The molecule has 0 radical (unpaired) electrons. The first-order valence-electron chi connectivity index (χ1n) is 6.36. The highest BCUT2D eigenvalue weighted by Crippen LogP contribution is 2.13. The predicted octanol–water partition coefficient (Wildman–Crippen LogP) is 0.757. The summed E-state index contributed by atoms with van der Waals surface area (Å²) in [6.07, 6.45) is 3.58. The molecule has 1 aromatic carbocycles. The number of fused-ring (bicyclic) bond motifs is 1. The molecule has 106 valence electrons. The molecule has 0 saturated heterocycles. The van der Waals surface area contributed by atoms with Crippen LogP contribution in [0.1, 0.15) is 16.8 Å². The molecule has 20 heavy (non-hydrogen) atoms. The molecule has 6 heteroatoms. The third kappa shape index (κ3) is 3.28. The van der Waals surface area contributed by atoms with Crippen LogP contribution in [0.2, 0.25) is 0 Å². The van der Waals surface area contributed by atoms with Crippen molar-refractivity contribution in [3.8, 4) is 0 Å². The average molecular weight is 275 g/mol. The third-order valence-electron chi connectivity index (χ3n) is 2.92. The second kappa shape index (κ2) is 6.93. The molecule has 1 amide bonds. The minimum atomic E-state index is -0.244.